The summed E-state index contributed by atoms with van der Waals surface area (Å²) in [6.07, 6.45) is -4.60. The zero-order chi connectivity index (χ0) is 15.6. The Morgan fingerprint density at radius 2 is 1.90 bits per heavy atom. The second-order valence-corrected chi connectivity index (χ2v) is 4.86. The minimum absolute atomic E-state index is 0.131. The van der Waals surface area contributed by atoms with Gasteiger partial charge in [0.1, 0.15) is 5.82 Å². The van der Waals surface area contributed by atoms with Crippen molar-refractivity contribution in [3.63, 3.8) is 0 Å². The van der Waals surface area contributed by atoms with Crippen LogP contribution in [0.2, 0.25) is 5.02 Å². The van der Waals surface area contributed by atoms with E-state index in [1.54, 1.807) is 25.1 Å². The second-order valence-electron chi connectivity index (χ2n) is 4.45. The van der Waals surface area contributed by atoms with Crippen LogP contribution in [-0.4, -0.2) is 16.5 Å². The summed E-state index contributed by atoms with van der Waals surface area (Å²) in [6, 6.07) is 6.48. The summed E-state index contributed by atoms with van der Waals surface area (Å²) in [5.41, 5.74) is 1.53. The van der Waals surface area contributed by atoms with Crippen LogP contribution >= 0.6 is 11.6 Å². The number of halogens is 4. The predicted octanol–water partition coefficient (Wildman–Crippen LogP) is 4.56. The van der Waals surface area contributed by atoms with Crippen LogP contribution in [0.15, 0.2) is 24.3 Å². The van der Waals surface area contributed by atoms with Crippen LogP contribution in [0.3, 0.4) is 0 Å². The van der Waals surface area contributed by atoms with E-state index in [1.807, 2.05) is 6.92 Å². The van der Waals surface area contributed by atoms with Gasteiger partial charge in [-0.1, -0.05) is 23.7 Å². The molecule has 112 valence electrons. The monoisotopic (exact) mass is 315 g/mol. The number of rotatable bonds is 3. The lowest BCUT2D eigenvalue weighted by atomic mass is 10.1. The van der Waals surface area contributed by atoms with Gasteiger partial charge in [-0.2, -0.15) is 13.2 Å². The molecule has 0 spiro atoms. The Hall–Kier alpha value is -1.82. The fourth-order valence-electron chi connectivity index (χ4n) is 1.75. The van der Waals surface area contributed by atoms with Crippen LogP contribution in [0, 0.1) is 6.92 Å². The zero-order valence-corrected chi connectivity index (χ0v) is 12.2. The summed E-state index contributed by atoms with van der Waals surface area (Å²) in [5.74, 6) is -1.04. The van der Waals surface area contributed by atoms with Gasteiger partial charge in [-0.25, -0.2) is 9.97 Å². The quantitative estimate of drug-likeness (QED) is 0.902. The van der Waals surface area contributed by atoms with Crippen molar-refractivity contribution < 1.29 is 13.2 Å². The molecule has 2 rings (SSSR count). The summed E-state index contributed by atoms with van der Waals surface area (Å²) in [7, 11) is 0. The first kappa shape index (κ1) is 15.6. The Bertz CT molecular complexity index is 656. The summed E-state index contributed by atoms with van der Waals surface area (Å²) >= 11 is 6.01. The van der Waals surface area contributed by atoms with Gasteiger partial charge >= 0.3 is 6.18 Å². The smallest absolute Gasteiger partial charge is 0.370 e. The SMILES string of the molecule is CCNc1cc(-c2ccc(C)c(Cl)c2)nc(C(F)(F)F)n1. The van der Waals surface area contributed by atoms with Gasteiger partial charge in [0.2, 0.25) is 5.82 Å². The number of nitrogens with one attached hydrogen (secondary N) is 1. The standard InChI is InChI=1S/C14H13ClF3N3/c1-3-19-12-7-11(20-13(21-12)14(16,17)18)9-5-4-8(2)10(15)6-9/h4-7H,3H2,1-2H3,(H,19,20,21). The first-order valence-corrected chi connectivity index (χ1v) is 6.65. The van der Waals surface area contributed by atoms with Crippen molar-refractivity contribution in [3.8, 4) is 11.3 Å². The topological polar surface area (TPSA) is 37.8 Å². The third-order valence-corrected chi connectivity index (χ3v) is 3.21. The van der Waals surface area contributed by atoms with Crippen molar-refractivity contribution >= 4 is 17.4 Å². The maximum absolute atomic E-state index is 12.9. The summed E-state index contributed by atoms with van der Waals surface area (Å²) < 4.78 is 38.6. The first-order chi connectivity index (χ1) is 9.81. The average Bonchev–Trinajstić information content (AvgIpc) is 2.41. The fourth-order valence-corrected chi connectivity index (χ4v) is 1.93. The van der Waals surface area contributed by atoms with Crippen molar-refractivity contribution in [3.05, 3.63) is 40.7 Å². The molecule has 1 N–H and O–H groups in total. The number of aromatic nitrogens is 2. The summed E-state index contributed by atoms with van der Waals surface area (Å²) in [6.45, 7) is 4.05. The van der Waals surface area contributed by atoms with Gasteiger partial charge in [-0.15, -0.1) is 0 Å². The van der Waals surface area contributed by atoms with Gasteiger partial charge in [0.25, 0.3) is 0 Å². The maximum atomic E-state index is 12.9. The highest BCUT2D eigenvalue weighted by Gasteiger charge is 2.35. The van der Waals surface area contributed by atoms with Crippen molar-refractivity contribution in [1.82, 2.24) is 9.97 Å². The molecule has 0 saturated carbocycles. The van der Waals surface area contributed by atoms with Crippen LogP contribution < -0.4 is 5.32 Å². The molecule has 0 unspecified atom stereocenters. The van der Waals surface area contributed by atoms with Crippen molar-refractivity contribution in [1.29, 1.82) is 0 Å². The molecule has 0 aliphatic carbocycles. The van der Waals surface area contributed by atoms with Gasteiger partial charge in [0.15, 0.2) is 0 Å². The van der Waals surface area contributed by atoms with E-state index in [-0.39, 0.29) is 11.5 Å². The zero-order valence-electron chi connectivity index (χ0n) is 11.4. The molecule has 0 fully saturated rings. The number of hydrogen-bond donors (Lipinski definition) is 1. The first-order valence-electron chi connectivity index (χ1n) is 6.28. The van der Waals surface area contributed by atoms with Gasteiger partial charge in [-0.05, 0) is 25.5 Å². The van der Waals surface area contributed by atoms with E-state index in [1.165, 1.54) is 6.07 Å². The number of aryl methyl sites for hydroxylation is 1. The minimum atomic E-state index is -4.60. The number of anilines is 1. The highest BCUT2D eigenvalue weighted by molar-refractivity contribution is 6.31. The molecule has 0 atom stereocenters. The highest BCUT2D eigenvalue weighted by Crippen LogP contribution is 2.31. The van der Waals surface area contributed by atoms with Crippen LogP contribution in [0.25, 0.3) is 11.3 Å². The molecule has 0 amide bonds. The van der Waals surface area contributed by atoms with E-state index in [0.717, 1.165) is 5.56 Å². The third-order valence-electron chi connectivity index (χ3n) is 2.81. The number of nitrogens with zero attached hydrogens (tertiary/aromatic N) is 2. The molecule has 0 aliphatic rings. The number of hydrogen-bond acceptors (Lipinski definition) is 3. The molecule has 0 bridgehead atoms. The average molecular weight is 316 g/mol. The Labute approximate surface area is 125 Å². The van der Waals surface area contributed by atoms with Crippen molar-refractivity contribution in [2.75, 3.05) is 11.9 Å². The molecule has 1 aromatic carbocycles. The van der Waals surface area contributed by atoms with E-state index < -0.39 is 12.0 Å². The van der Waals surface area contributed by atoms with Gasteiger partial charge in [0.05, 0.1) is 5.69 Å². The molecule has 3 nitrogen and oxygen atoms in total. The molecule has 1 heterocycles. The van der Waals surface area contributed by atoms with Crippen LogP contribution in [0.5, 0.6) is 0 Å². The van der Waals surface area contributed by atoms with E-state index in [9.17, 15) is 13.2 Å². The lowest BCUT2D eigenvalue weighted by molar-refractivity contribution is -0.144. The molecule has 2 aromatic rings. The Balaban J connectivity index is 2.56. The predicted molar refractivity (Wildman–Crippen MR) is 76.4 cm³/mol. The van der Waals surface area contributed by atoms with Gasteiger partial charge < -0.3 is 5.32 Å². The number of alkyl halides is 3. The lowest BCUT2D eigenvalue weighted by Crippen LogP contribution is -2.13. The van der Waals surface area contributed by atoms with Crippen LogP contribution in [0.1, 0.15) is 18.3 Å². The summed E-state index contributed by atoms with van der Waals surface area (Å²) in [4.78, 5) is 7.07. The molecule has 0 saturated heterocycles. The third kappa shape index (κ3) is 3.64. The molecular weight excluding hydrogens is 303 g/mol. The molecule has 21 heavy (non-hydrogen) atoms. The summed E-state index contributed by atoms with van der Waals surface area (Å²) in [5, 5.41) is 3.25. The van der Waals surface area contributed by atoms with Gasteiger partial charge in [-0.3, -0.25) is 0 Å². The van der Waals surface area contributed by atoms with Crippen molar-refractivity contribution in [2.24, 2.45) is 0 Å². The Morgan fingerprint density at radius 1 is 1.19 bits per heavy atom. The molecule has 0 aliphatic heterocycles. The Morgan fingerprint density at radius 3 is 2.48 bits per heavy atom. The second kappa shape index (κ2) is 5.89. The molecule has 0 radical (unpaired) electrons. The van der Waals surface area contributed by atoms with E-state index >= 15 is 0 Å². The highest BCUT2D eigenvalue weighted by atomic mass is 35.5. The maximum Gasteiger partial charge on any atom is 0.451 e. The molecule has 1 aromatic heterocycles. The van der Waals surface area contributed by atoms with E-state index in [2.05, 4.69) is 15.3 Å². The molecule has 7 heteroatoms. The van der Waals surface area contributed by atoms with Crippen LogP contribution in [0.4, 0.5) is 19.0 Å². The molecular formula is C14H13ClF3N3. The largest absolute Gasteiger partial charge is 0.451 e. The van der Waals surface area contributed by atoms with E-state index in [4.69, 9.17) is 11.6 Å². The number of benzene rings is 1. The van der Waals surface area contributed by atoms with E-state index in [0.29, 0.717) is 17.1 Å². The Kier molecular flexibility index (Phi) is 4.37. The normalized spacial score (nSPS) is 11.5. The van der Waals surface area contributed by atoms with Crippen molar-refractivity contribution in [2.45, 2.75) is 20.0 Å². The lowest BCUT2D eigenvalue weighted by Gasteiger charge is -2.11. The van der Waals surface area contributed by atoms with Gasteiger partial charge in [0, 0.05) is 23.2 Å². The van der Waals surface area contributed by atoms with Crippen LogP contribution in [-0.2, 0) is 6.18 Å². The minimum Gasteiger partial charge on any atom is -0.370 e. The fraction of sp³-hybridized carbons (Fsp3) is 0.286.